The minimum atomic E-state index is 0.401. The molecule has 19 heavy (non-hydrogen) atoms. The van der Waals surface area contributed by atoms with Crippen molar-refractivity contribution >= 4 is 5.82 Å². The molecule has 0 atom stereocenters. The van der Waals surface area contributed by atoms with Gasteiger partial charge in [0.05, 0.1) is 19.3 Å². The van der Waals surface area contributed by atoms with Gasteiger partial charge in [-0.25, -0.2) is 4.98 Å². The van der Waals surface area contributed by atoms with Gasteiger partial charge in [-0.05, 0) is 45.0 Å². The Hall–Kier alpha value is -1.33. The standard InChI is InChI=1S/C14H23N3O2/c1-2-18-13-4-3-7-16-14(13)17-10-11-19-12-5-8-15-9-6-12/h3-4,7,12,15H,2,5-6,8-11H2,1H3,(H,16,17). The van der Waals surface area contributed by atoms with E-state index in [-0.39, 0.29) is 0 Å². The maximum atomic E-state index is 5.83. The van der Waals surface area contributed by atoms with Gasteiger partial charge < -0.3 is 20.1 Å². The van der Waals surface area contributed by atoms with Crippen LogP contribution in [0, 0.1) is 0 Å². The van der Waals surface area contributed by atoms with E-state index < -0.39 is 0 Å². The molecule has 0 radical (unpaired) electrons. The molecule has 5 nitrogen and oxygen atoms in total. The Kier molecular flexibility index (Phi) is 5.91. The summed E-state index contributed by atoms with van der Waals surface area (Å²) in [4.78, 5) is 4.28. The van der Waals surface area contributed by atoms with Crippen molar-refractivity contribution in [3.8, 4) is 5.75 Å². The lowest BCUT2D eigenvalue weighted by atomic mass is 10.1. The highest BCUT2D eigenvalue weighted by Crippen LogP contribution is 2.20. The molecule has 0 saturated carbocycles. The molecule has 0 spiro atoms. The van der Waals surface area contributed by atoms with Crippen LogP contribution in [0.1, 0.15) is 19.8 Å². The fraction of sp³-hybridized carbons (Fsp3) is 0.643. The molecule has 2 N–H and O–H groups in total. The molecule has 106 valence electrons. The fourth-order valence-electron chi connectivity index (χ4n) is 2.15. The third-order valence-corrected chi connectivity index (χ3v) is 3.10. The molecule has 5 heteroatoms. The van der Waals surface area contributed by atoms with Gasteiger partial charge in [0.2, 0.25) is 0 Å². The van der Waals surface area contributed by atoms with Crippen molar-refractivity contribution in [3.05, 3.63) is 18.3 Å². The highest BCUT2D eigenvalue weighted by molar-refractivity contribution is 5.49. The zero-order valence-electron chi connectivity index (χ0n) is 11.5. The third-order valence-electron chi connectivity index (χ3n) is 3.10. The number of nitrogens with zero attached hydrogens (tertiary/aromatic N) is 1. The van der Waals surface area contributed by atoms with E-state index in [1.807, 2.05) is 19.1 Å². The smallest absolute Gasteiger partial charge is 0.168 e. The minimum absolute atomic E-state index is 0.401. The van der Waals surface area contributed by atoms with Crippen molar-refractivity contribution in [2.75, 3.05) is 38.2 Å². The Bertz CT molecular complexity index is 367. The lowest BCUT2D eigenvalue weighted by molar-refractivity contribution is 0.0394. The molecule has 1 fully saturated rings. The Morgan fingerprint density at radius 1 is 1.42 bits per heavy atom. The van der Waals surface area contributed by atoms with Gasteiger partial charge in [-0.2, -0.15) is 0 Å². The van der Waals surface area contributed by atoms with Gasteiger partial charge in [-0.1, -0.05) is 0 Å². The summed E-state index contributed by atoms with van der Waals surface area (Å²) < 4.78 is 11.3. The van der Waals surface area contributed by atoms with Gasteiger partial charge in [0.25, 0.3) is 0 Å². The fourth-order valence-corrected chi connectivity index (χ4v) is 2.15. The quantitative estimate of drug-likeness (QED) is 0.734. The van der Waals surface area contributed by atoms with Crippen LogP contribution in [-0.2, 0) is 4.74 Å². The van der Waals surface area contributed by atoms with Crippen LogP contribution >= 0.6 is 0 Å². The maximum Gasteiger partial charge on any atom is 0.168 e. The first kappa shape index (κ1) is 14.1. The largest absolute Gasteiger partial charge is 0.490 e. The first-order valence-electron chi connectivity index (χ1n) is 7.04. The van der Waals surface area contributed by atoms with E-state index in [2.05, 4.69) is 15.6 Å². The van der Waals surface area contributed by atoms with Crippen LogP contribution in [0.15, 0.2) is 18.3 Å². The summed E-state index contributed by atoms with van der Waals surface area (Å²) in [6.45, 7) is 6.19. The van der Waals surface area contributed by atoms with E-state index in [4.69, 9.17) is 9.47 Å². The second-order valence-corrected chi connectivity index (χ2v) is 4.53. The first-order chi connectivity index (χ1) is 9.40. The number of hydrogen-bond donors (Lipinski definition) is 2. The van der Waals surface area contributed by atoms with Crippen LogP contribution in [0.5, 0.6) is 5.75 Å². The van der Waals surface area contributed by atoms with E-state index >= 15 is 0 Å². The molecule has 0 aromatic carbocycles. The summed E-state index contributed by atoms with van der Waals surface area (Å²) >= 11 is 0. The molecule has 1 aromatic heterocycles. The average molecular weight is 265 g/mol. The van der Waals surface area contributed by atoms with Crippen molar-refractivity contribution in [3.63, 3.8) is 0 Å². The summed E-state index contributed by atoms with van der Waals surface area (Å²) in [6.07, 6.45) is 4.37. The van der Waals surface area contributed by atoms with Crippen molar-refractivity contribution in [2.45, 2.75) is 25.9 Å². The molecule has 0 unspecified atom stereocenters. The topological polar surface area (TPSA) is 55.4 Å². The van der Waals surface area contributed by atoms with E-state index in [0.29, 0.717) is 19.3 Å². The Balaban J connectivity index is 1.70. The summed E-state index contributed by atoms with van der Waals surface area (Å²) in [7, 11) is 0. The van der Waals surface area contributed by atoms with Gasteiger partial charge in [0.1, 0.15) is 0 Å². The van der Waals surface area contributed by atoms with Crippen LogP contribution in [-0.4, -0.2) is 43.9 Å². The molecular formula is C14H23N3O2. The van der Waals surface area contributed by atoms with Crippen LogP contribution in [0.25, 0.3) is 0 Å². The summed E-state index contributed by atoms with van der Waals surface area (Å²) in [5.41, 5.74) is 0. The number of ether oxygens (including phenoxy) is 2. The predicted molar refractivity (Wildman–Crippen MR) is 75.7 cm³/mol. The second kappa shape index (κ2) is 7.96. The van der Waals surface area contributed by atoms with Gasteiger partial charge in [0, 0.05) is 12.7 Å². The number of pyridine rings is 1. The molecular weight excluding hydrogens is 242 g/mol. The molecule has 1 saturated heterocycles. The van der Waals surface area contributed by atoms with E-state index in [9.17, 15) is 0 Å². The Morgan fingerprint density at radius 3 is 3.05 bits per heavy atom. The summed E-state index contributed by atoms with van der Waals surface area (Å²) in [5, 5.41) is 6.59. The number of hydrogen-bond acceptors (Lipinski definition) is 5. The number of anilines is 1. The van der Waals surface area contributed by atoms with Crippen LogP contribution in [0.2, 0.25) is 0 Å². The number of piperidine rings is 1. The Morgan fingerprint density at radius 2 is 2.26 bits per heavy atom. The maximum absolute atomic E-state index is 5.83. The highest BCUT2D eigenvalue weighted by Gasteiger charge is 2.12. The molecule has 0 bridgehead atoms. The van der Waals surface area contributed by atoms with Crippen LogP contribution in [0.4, 0.5) is 5.82 Å². The molecule has 0 aliphatic carbocycles. The normalized spacial score (nSPS) is 16.3. The average Bonchev–Trinajstić information content (AvgIpc) is 2.47. The molecule has 1 aliphatic heterocycles. The summed E-state index contributed by atoms with van der Waals surface area (Å²) in [6, 6.07) is 3.80. The Labute approximate surface area is 114 Å². The molecule has 2 heterocycles. The minimum Gasteiger partial charge on any atom is -0.490 e. The van der Waals surface area contributed by atoms with E-state index in [0.717, 1.165) is 44.0 Å². The van der Waals surface area contributed by atoms with Gasteiger partial charge >= 0.3 is 0 Å². The number of nitrogens with one attached hydrogen (secondary N) is 2. The molecule has 1 aromatic rings. The molecule has 0 amide bonds. The monoisotopic (exact) mass is 265 g/mol. The lowest BCUT2D eigenvalue weighted by Crippen LogP contribution is -2.33. The summed E-state index contributed by atoms with van der Waals surface area (Å²) in [5.74, 6) is 1.59. The predicted octanol–water partition coefficient (Wildman–Crippen LogP) is 1.66. The second-order valence-electron chi connectivity index (χ2n) is 4.53. The van der Waals surface area contributed by atoms with Gasteiger partial charge in [-0.15, -0.1) is 0 Å². The van der Waals surface area contributed by atoms with Crippen molar-refractivity contribution < 1.29 is 9.47 Å². The number of aromatic nitrogens is 1. The highest BCUT2D eigenvalue weighted by atomic mass is 16.5. The lowest BCUT2D eigenvalue weighted by Gasteiger charge is -2.23. The van der Waals surface area contributed by atoms with Crippen LogP contribution < -0.4 is 15.4 Å². The van der Waals surface area contributed by atoms with Gasteiger partial charge in [-0.3, -0.25) is 0 Å². The van der Waals surface area contributed by atoms with Crippen molar-refractivity contribution in [1.82, 2.24) is 10.3 Å². The van der Waals surface area contributed by atoms with Gasteiger partial charge in [0.15, 0.2) is 11.6 Å². The zero-order chi connectivity index (χ0) is 13.3. The molecule has 2 rings (SSSR count). The van der Waals surface area contributed by atoms with Crippen molar-refractivity contribution in [2.24, 2.45) is 0 Å². The number of rotatable bonds is 7. The van der Waals surface area contributed by atoms with E-state index in [1.165, 1.54) is 0 Å². The SMILES string of the molecule is CCOc1cccnc1NCCOC1CCNCC1. The van der Waals surface area contributed by atoms with Crippen molar-refractivity contribution in [1.29, 1.82) is 0 Å². The first-order valence-corrected chi connectivity index (χ1v) is 7.04. The van der Waals surface area contributed by atoms with Crippen LogP contribution in [0.3, 0.4) is 0 Å². The zero-order valence-corrected chi connectivity index (χ0v) is 11.5. The van der Waals surface area contributed by atoms with E-state index in [1.54, 1.807) is 6.20 Å². The molecule has 1 aliphatic rings. The third kappa shape index (κ3) is 4.69.